The van der Waals surface area contributed by atoms with Crippen LogP contribution in [0.15, 0.2) is 35.6 Å². The fourth-order valence-electron chi connectivity index (χ4n) is 3.08. The van der Waals surface area contributed by atoms with Gasteiger partial charge in [0.25, 0.3) is 21.9 Å². The van der Waals surface area contributed by atoms with Crippen LogP contribution in [0.1, 0.15) is 28.8 Å². The summed E-state index contributed by atoms with van der Waals surface area (Å²) in [5.41, 5.74) is -2.07. The summed E-state index contributed by atoms with van der Waals surface area (Å²) >= 11 is 0. The Balaban J connectivity index is 1.94. The maximum Gasteiger partial charge on any atom is 0.418 e. The average molecular weight is 509 g/mol. The lowest BCUT2D eigenvalue weighted by Crippen LogP contribution is -2.40. The van der Waals surface area contributed by atoms with Gasteiger partial charge in [0.2, 0.25) is 0 Å². The van der Waals surface area contributed by atoms with E-state index in [-0.39, 0.29) is 24.6 Å². The number of aromatic nitrogens is 2. The van der Waals surface area contributed by atoms with E-state index in [1.807, 2.05) is 0 Å². The van der Waals surface area contributed by atoms with Gasteiger partial charge in [-0.15, -0.1) is 0 Å². The largest absolute Gasteiger partial charge is 0.464 e. The Morgan fingerprint density at radius 1 is 1.12 bits per heavy atom. The van der Waals surface area contributed by atoms with Gasteiger partial charge in [0.1, 0.15) is 5.82 Å². The minimum absolute atomic E-state index is 0.237. The summed E-state index contributed by atoms with van der Waals surface area (Å²) in [4.78, 5) is 31.9. The number of hydrogen-bond donors (Lipinski definition) is 3. The zero-order chi connectivity index (χ0) is 25.3. The Bertz CT molecular complexity index is 1210. The van der Waals surface area contributed by atoms with Crippen molar-refractivity contribution in [3.8, 4) is 0 Å². The van der Waals surface area contributed by atoms with Gasteiger partial charge < -0.3 is 15.3 Å². The number of rotatable bonds is 5. The van der Waals surface area contributed by atoms with Crippen LogP contribution < -0.4 is 14.9 Å². The van der Waals surface area contributed by atoms with E-state index in [9.17, 15) is 40.0 Å². The third-order valence-corrected chi connectivity index (χ3v) is 5.94. The minimum atomic E-state index is -4.85. The van der Waals surface area contributed by atoms with Crippen molar-refractivity contribution in [3.05, 3.63) is 41.7 Å². The van der Waals surface area contributed by atoms with E-state index in [1.54, 1.807) is 0 Å². The number of carbonyl (C=O) groups is 2. The number of halogens is 5. The minimum Gasteiger partial charge on any atom is -0.464 e. The molecule has 2 aromatic heterocycles. The molecule has 2 aromatic rings. The van der Waals surface area contributed by atoms with Crippen LogP contribution in [0.5, 0.6) is 0 Å². The molecule has 0 radical (unpaired) electrons. The molecule has 1 fully saturated rings. The number of piperidine rings is 1. The summed E-state index contributed by atoms with van der Waals surface area (Å²) in [6, 6.07) is 2.40. The molecule has 16 heteroatoms. The van der Waals surface area contributed by atoms with Crippen molar-refractivity contribution in [2.24, 2.45) is 0 Å². The van der Waals surface area contributed by atoms with Crippen molar-refractivity contribution < 1.29 is 45.1 Å². The van der Waals surface area contributed by atoms with E-state index in [4.69, 9.17) is 5.11 Å². The maximum absolute atomic E-state index is 13.5. The number of sulfonamides is 1. The molecular weight excluding hydrogens is 493 g/mol. The summed E-state index contributed by atoms with van der Waals surface area (Å²) in [6.07, 6.45) is -6.51. The SMILES string of the molecule is O=C(O)NS(=O)(=O)c1cc(NC(=O)c2cc(C(F)(F)F)cnc2N2CCC(F)(F)CC2)ccn1. The number of alkyl halides is 5. The molecule has 2 amide bonds. The molecule has 1 aliphatic heterocycles. The number of amides is 2. The molecule has 1 aliphatic rings. The van der Waals surface area contributed by atoms with Crippen LogP contribution in [0, 0.1) is 0 Å². The van der Waals surface area contributed by atoms with Gasteiger partial charge in [0, 0.05) is 50.1 Å². The molecule has 10 nitrogen and oxygen atoms in total. The number of carbonyl (C=O) groups excluding carboxylic acids is 1. The van der Waals surface area contributed by atoms with Gasteiger partial charge in [-0.3, -0.25) is 4.79 Å². The molecule has 3 N–H and O–H groups in total. The van der Waals surface area contributed by atoms with Crippen molar-refractivity contribution in [3.63, 3.8) is 0 Å². The van der Waals surface area contributed by atoms with Crippen molar-refractivity contribution >= 4 is 33.5 Å². The molecule has 0 spiro atoms. The number of nitrogens with zero attached hydrogens (tertiary/aromatic N) is 3. The molecule has 3 heterocycles. The first kappa shape index (κ1) is 25.1. The van der Waals surface area contributed by atoms with Crippen LogP contribution in [-0.2, 0) is 16.2 Å². The number of nitrogens with one attached hydrogen (secondary N) is 2. The number of anilines is 2. The lowest BCUT2D eigenvalue weighted by molar-refractivity contribution is -0.137. The molecule has 0 aliphatic carbocycles. The summed E-state index contributed by atoms with van der Waals surface area (Å²) in [7, 11) is -4.60. The maximum atomic E-state index is 13.5. The Morgan fingerprint density at radius 2 is 1.76 bits per heavy atom. The van der Waals surface area contributed by atoms with Crippen molar-refractivity contribution in [2.45, 2.75) is 30.0 Å². The molecule has 0 unspecified atom stereocenters. The van der Waals surface area contributed by atoms with E-state index < -0.39 is 63.1 Å². The van der Waals surface area contributed by atoms with E-state index in [0.717, 1.165) is 18.3 Å². The van der Waals surface area contributed by atoms with E-state index in [2.05, 4.69) is 15.3 Å². The van der Waals surface area contributed by atoms with Crippen LogP contribution in [0.4, 0.5) is 38.3 Å². The molecule has 34 heavy (non-hydrogen) atoms. The highest BCUT2D eigenvalue weighted by Gasteiger charge is 2.37. The highest BCUT2D eigenvalue weighted by molar-refractivity contribution is 7.90. The standard InChI is InChI=1S/C18H16F5N5O5S/c19-17(20)2-5-28(6-3-17)14-12(7-10(9-25-14)18(21,22)23)15(29)26-11-1-4-24-13(8-11)34(32,33)27-16(30)31/h1,4,7-9,27H,2-3,5-6H2,(H,30,31)(H,24,26,29). The molecule has 0 aromatic carbocycles. The molecule has 0 bridgehead atoms. The fraction of sp³-hybridized carbons (Fsp3) is 0.333. The number of hydrogen-bond acceptors (Lipinski definition) is 7. The Morgan fingerprint density at radius 3 is 2.35 bits per heavy atom. The van der Waals surface area contributed by atoms with Gasteiger partial charge in [-0.1, -0.05) is 0 Å². The Kier molecular flexibility index (Phi) is 6.64. The lowest BCUT2D eigenvalue weighted by Gasteiger charge is -2.33. The second kappa shape index (κ2) is 9.00. The first-order valence-electron chi connectivity index (χ1n) is 9.41. The van der Waals surface area contributed by atoms with Crippen molar-refractivity contribution in [2.75, 3.05) is 23.3 Å². The molecular formula is C18H16F5N5O5S. The second-order valence-corrected chi connectivity index (χ2v) is 8.81. The van der Waals surface area contributed by atoms with Crippen LogP contribution >= 0.6 is 0 Å². The highest BCUT2D eigenvalue weighted by atomic mass is 32.2. The normalized spacial score (nSPS) is 16.1. The van der Waals surface area contributed by atoms with Gasteiger partial charge in [-0.2, -0.15) is 21.6 Å². The predicted octanol–water partition coefficient (Wildman–Crippen LogP) is 2.94. The average Bonchev–Trinajstić information content (AvgIpc) is 2.72. The van der Waals surface area contributed by atoms with E-state index in [1.165, 1.54) is 9.62 Å². The molecule has 1 saturated heterocycles. The van der Waals surface area contributed by atoms with Crippen molar-refractivity contribution in [1.82, 2.24) is 14.7 Å². The van der Waals surface area contributed by atoms with Gasteiger partial charge in [-0.25, -0.2) is 28.3 Å². The Hall–Kier alpha value is -3.56. The molecule has 0 atom stereocenters. The van der Waals surface area contributed by atoms with Crippen LogP contribution in [0.2, 0.25) is 0 Å². The smallest absolute Gasteiger partial charge is 0.418 e. The van der Waals surface area contributed by atoms with Crippen LogP contribution in [-0.4, -0.2) is 54.5 Å². The van der Waals surface area contributed by atoms with E-state index in [0.29, 0.717) is 12.3 Å². The number of pyridine rings is 2. The van der Waals surface area contributed by atoms with Gasteiger partial charge in [0.15, 0.2) is 5.03 Å². The van der Waals surface area contributed by atoms with Crippen LogP contribution in [0.25, 0.3) is 0 Å². The predicted molar refractivity (Wildman–Crippen MR) is 106 cm³/mol. The Labute approximate surface area is 188 Å². The van der Waals surface area contributed by atoms with Gasteiger partial charge >= 0.3 is 12.3 Å². The monoisotopic (exact) mass is 509 g/mol. The molecule has 0 saturated carbocycles. The molecule has 3 rings (SSSR count). The summed E-state index contributed by atoms with van der Waals surface area (Å²) in [5.74, 6) is -4.34. The zero-order valence-electron chi connectivity index (χ0n) is 16.9. The van der Waals surface area contributed by atoms with Crippen molar-refractivity contribution in [1.29, 1.82) is 0 Å². The zero-order valence-corrected chi connectivity index (χ0v) is 17.8. The van der Waals surface area contributed by atoms with E-state index >= 15 is 0 Å². The quantitative estimate of drug-likeness (QED) is 0.523. The first-order chi connectivity index (χ1) is 15.7. The number of carboxylic acid groups (broad SMARTS) is 1. The summed E-state index contributed by atoms with van der Waals surface area (Å²) < 4.78 is 91.8. The first-order valence-corrected chi connectivity index (χ1v) is 10.9. The lowest BCUT2D eigenvalue weighted by atomic mass is 10.1. The highest BCUT2D eigenvalue weighted by Crippen LogP contribution is 2.34. The molecule has 184 valence electrons. The second-order valence-electron chi connectivity index (χ2n) is 7.18. The summed E-state index contributed by atoms with van der Waals surface area (Å²) in [6.45, 7) is -0.520. The summed E-state index contributed by atoms with van der Waals surface area (Å²) in [5, 5.41) is 10.0. The fourth-order valence-corrected chi connectivity index (χ4v) is 3.89. The van der Waals surface area contributed by atoms with Gasteiger partial charge in [0.05, 0.1) is 11.1 Å². The topological polar surface area (TPSA) is 142 Å². The van der Waals surface area contributed by atoms with Crippen LogP contribution in [0.3, 0.4) is 0 Å². The third-order valence-electron chi connectivity index (χ3n) is 4.72. The third kappa shape index (κ3) is 5.86. The van der Waals surface area contributed by atoms with Gasteiger partial charge in [-0.05, 0) is 12.1 Å².